The second-order valence-electron chi connectivity index (χ2n) is 6.02. The highest BCUT2D eigenvalue weighted by atomic mass is 35.5. The van der Waals surface area contributed by atoms with Crippen LogP contribution in [0.25, 0.3) is 0 Å². The van der Waals surface area contributed by atoms with E-state index >= 15 is 0 Å². The molecular weight excluding hydrogens is 397 g/mol. The molecule has 28 heavy (non-hydrogen) atoms. The van der Waals surface area contributed by atoms with Crippen molar-refractivity contribution in [2.24, 2.45) is 0 Å². The van der Waals surface area contributed by atoms with Gasteiger partial charge in [-0.15, -0.1) is 0 Å². The number of nitrogens with one attached hydrogen (secondary N) is 2. The molecule has 2 N–H and O–H groups in total. The number of benzene rings is 2. The van der Waals surface area contributed by atoms with E-state index in [-0.39, 0.29) is 11.8 Å². The van der Waals surface area contributed by atoms with Gasteiger partial charge in [-0.3, -0.25) is 14.6 Å². The van der Waals surface area contributed by atoms with Crippen molar-refractivity contribution < 1.29 is 9.59 Å². The molecule has 142 valence electrons. The predicted molar refractivity (Wildman–Crippen MR) is 111 cm³/mol. The Balaban J connectivity index is 1.58. The number of anilines is 1. The highest BCUT2D eigenvalue weighted by Crippen LogP contribution is 2.21. The molecule has 0 saturated heterocycles. The molecule has 0 aliphatic heterocycles. The number of rotatable bonds is 6. The summed E-state index contributed by atoms with van der Waals surface area (Å²) in [6.45, 7) is 0.423. The van der Waals surface area contributed by atoms with Gasteiger partial charge in [0.15, 0.2) is 0 Å². The van der Waals surface area contributed by atoms with E-state index in [1.54, 1.807) is 54.7 Å². The van der Waals surface area contributed by atoms with Gasteiger partial charge >= 0.3 is 0 Å². The summed E-state index contributed by atoms with van der Waals surface area (Å²) in [5.41, 5.74) is 2.33. The third-order valence-electron chi connectivity index (χ3n) is 4.00. The molecule has 0 atom stereocenters. The number of carbonyl (C=O) groups excluding carboxylic acids is 2. The summed E-state index contributed by atoms with van der Waals surface area (Å²) in [6.07, 6.45) is 3.66. The summed E-state index contributed by atoms with van der Waals surface area (Å²) in [7, 11) is 0. The molecular formula is C21H17Cl2N3O2. The molecule has 0 radical (unpaired) electrons. The first-order chi connectivity index (χ1) is 13.5. The Morgan fingerprint density at radius 2 is 1.75 bits per heavy atom. The van der Waals surface area contributed by atoms with Gasteiger partial charge in [0, 0.05) is 40.2 Å². The van der Waals surface area contributed by atoms with Gasteiger partial charge in [-0.1, -0.05) is 35.3 Å². The monoisotopic (exact) mass is 413 g/mol. The Labute approximate surface area is 172 Å². The van der Waals surface area contributed by atoms with E-state index < -0.39 is 0 Å². The summed E-state index contributed by atoms with van der Waals surface area (Å²) in [5, 5.41) is 6.75. The molecule has 3 rings (SSSR count). The highest BCUT2D eigenvalue weighted by Gasteiger charge is 2.10. The average molecular weight is 414 g/mol. The number of nitrogens with zero attached hydrogens (tertiary/aromatic N) is 1. The van der Waals surface area contributed by atoms with Crippen molar-refractivity contribution in [2.75, 3.05) is 11.9 Å². The fourth-order valence-corrected chi connectivity index (χ4v) is 3.08. The Hall–Kier alpha value is -2.89. The second-order valence-corrected chi connectivity index (χ2v) is 6.86. The Bertz CT molecular complexity index is 994. The molecule has 1 aromatic heterocycles. The lowest BCUT2D eigenvalue weighted by atomic mass is 10.1. The number of aromatic nitrogens is 1. The van der Waals surface area contributed by atoms with Gasteiger partial charge in [0.1, 0.15) is 0 Å². The maximum Gasteiger partial charge on any atom is 0.257 e. The van der Waals surface area contributed by atoms with Crippen molar-refractivity contribution in [1.82, 2.24) is 10.3 Å². The van der Waals surface area contributed by atoms with E-state index in [2.05, 4.69) is 15.6 Å². The molecule has 3 aromatic rings. The predicted octanol–water partition coefficient (Wildman–Crippen LogP) is 4.61. The van der Waals surface area contributed by atoms with Crippen molar-refractivity contribution in [3.63, 3.8) is 0 Å². The summed E-state index contributed by atoms with van der Waals surface area (Å²) in [4.78, 5) is 28.5. The molecule has 0 aliphatic rings. The van der Waals surface area contributed by atoms with Gasteiger partial charge in [-0.2, -0.15) is 0 Å². The molecule has 0 spiro atoms. The topological polar surface area (TPSA) is 71.1 Å². The number of pyridine rings is 1. The SMILES string of the molecule is O=C(NCCc1ccc(Cl)cc1Cl)c1cccc(NC(=O)c2cccnc2)c1. The number of halogens is 2. The lowest BCUT2D eigenvalue weighted by Crippen LogP contribution is -2.26. The Morgan fingerprint density at radius 1 is 0.929 bits per heavy atom. The molecule has 2 aromatic carbocycles. The van der Waals surface area contributed by atoms with Crippen molar-refractivity contribution in [3.05, 3.63) is 93.7 Å². The van der Waals surface area contributed by atoms with Crippen molar-refractivity contribution in [3.8, 4) is 0 Å². The van der Waals surface area contributed by atoms with Gasteiger partial charge in [-0.25, -0.2) is 0 Å². The van der Waals surface area contributed by atoms with Crippen LogP contribution in [0.4, 0.5) is 5.69 Å². The summed E-state index contributed by atoms with van der Waals surface area (Å²) in [5.74, 6) is -0.523. The summed E-state index contributed by atoms with van der Waals surface area (Å²) < 4.78 is 0. The van der Waals surface area contributed by atoms with Crippen molar-refractivity contribution in [2.45, 2.75) is 6.42 Å². The third-order valence-corrected chi connectivity index (χ3v) is 4.59. The van der Waals surface area contributed by atoms with Gasteiger partial charge in [-0.05, 0) is 54.4 Å². The normalized spacial score (nSPS) is 10.4. The maximum absolute atomic E-state index is 12.4. The van der Waals surface area contributed by atoms with E-state index in [0.29, 0.717) is 39.8 Å². The Morgan fingerprint density at radius 3 is 2.50 bits per heavy atom. The first-order valence-electron chi connectivity index (χ1n) is 8.56. The summed E-state index contributed by atoms with van der Waals surface area (Å²) in [6, 6.07) is 15.4. The van der Waals surface area contributed by atoms with E-state index in [4.69, 9.17) is 23.2 Å². The van der Waals surface area contributed by atoms with Gasteiger partial charge < -0.3 is 10.6 Å². The van der Waals surface area contributed by atoms with Crippen LogP contribution in [0, 0.1) is 0 Å². The number of carbonyl (C=O) groups is 2. The zero-order valence-corrected chi connectivity index (χ0v) is 16.3. The second kappa shape index (κ2) is 9.35. The molecule has 2 amide bonds. The van der Waals surface area contributed by atoms with Crippen LogP contribution in [0.15, 0.2) is 67.0 Å². The molecule has 0 fully saturated rings. The first-order valence-corrected chi connectivity index (χ1v) is 9.32. The molecule has 0 bridgehead atoms. The third kappa shape index (κ3) is 5.31. The molecule has 0 unspecified atom stereocenters. The fraction of sp³-hybridized carbons (Fsp3) is 0.0952. The molecule has 0 aliphatic carbocycles. The molecule has 7 heteroatoms. The maximum atomic E-state index is 12.4. The Kier molecular flexibility index (Phi) is 6.63. The minimum absolute atomic E-state index is 0.234. The van der Waals surface area contributed by atoms with Crippen LogP contribution < -0.4 is 10.6 Å². The first kappa shape index (κ1) is 19.9. The minimum atomic E-state index is -0.289. The van der Waals surface area contributed by atoms with Gasteiger partial charge in [0.05, 0.1) is 5.56 Å². The van der Waals surface area contributed by atoms with Crippen LogP contribution >= 0.6 is 23.2 Å². The van der Waals surface area contributed by atoms with Crippen molar-refractivity contribution >= 4 is 40.7 Å². The zero-order chi connectivity index (χ0) is 19.9. The highest BCUT2D eigenvalue weighted by molar-refractivity contribution is 6.35. The van der Waals surface area contributed by atoms with Gasteiger partial charge in [0.2, 0.25) is 0 Å². The van der Waals surface area contributed by atoms with Crippen LogP contribution in [0.1, 0.15) is 26.3 Å². The van der Waals surface area contributed by atoms with E-state index in [1.807, 2.05) is 6.07 Å². The standard InChI is InChI=1S/C21H17Cl2N3O2/c22-17-7-6-14(19(23)12-17)8-10-25-20(27)15-3-1-5-18(11-15)26-21(28)16-4-2-9-24-13-16/h1-7,9,11-13H,8,10H2,(H,25,27)(H,26,28). The lowest BCUT2D eigenvalue weighted by molar-refractivity contribution is 0.0952. The smallest absolute Gasteiger partial charge is 0.257 e. The van der Waals surface area contributed by atoms with Crippen molar-refractivity contribution in [1.29, 1.82) is 0 Å². The van der Waals surface area contributed by atoms with E-state index in [0.717, 1.165) is 5.56 Å². The van der Waals surface area contributed by atoms with Crippen LogP contribution in [-0.4, -0.2) is 23.3 Å². The number of hydrogen-bond acceptors (Lipinski definition) is 3. The molecule has 0 saturated carbocycles. The molecule has 1 heterocycles. The largest absolute Gasteiger partial charge is 0.352 e. The zero-order valence-electron chi connectivity index (χ0n) is 14.8. The van der Waals surface area contributed by atoms with Crippen LogP contribution in [0.3, 0.4) is 0 Å². The fourth-order valence-electron chi connectivity index (χ4n) is 2.58. The number of amides is 2. The number of hydrogen-bond donors (Lipinski definition) is 2. The van der Waals surface area contributed by atoms with E-state index in [9.17, 15) is 9.59 Å². The van der Waals surface area contributed by atoms with Crippen LogP contribution in [0.2, 0.25) is 10.0 Å². The van der Waals surface area contributed by atoms with E-state index in [1.165, 1.54) is 6.20 Å². The average Bonchev–Trinajstić information content (AvgIpc) is 2.70. The summed E-state index contributed by atoms with van der Waals surface area (Å²) >= 11 is 12.0. The van der Waals surface area contributed by atoms with Crippen LogP contribution in [0.5, 0.6) is 0 Å². The minimum Gasteiger partial charge on any atom is -0.352 e. The van der Waals surface area contributed by atoms with Crippen LogP contribution in [-0.2, 0) is 6.42 Å². The quantitative estimate of drug-likeness (QED) is 0.619. The molecule has 5 nitrogen and oxygen atoms in total. The lowest BCUT2D eigenvalue weighted by Gasteiger charge is -2.09. The van der Waals surface area contributed by atoms with Gasteiger partial charge in [0.25, 0.3) is 11.8 Å².